The van der Waals surface area contributed by atoms with Gasteiger partial charge in [-0.1, -0.05) is 25.7 Å². The zero-order valence-corrected chi connectivity index (χ0v) is 15.0. The molecule has 0 amide bonds. The molecule has 2 aromatic rings. The van der Waals surface area contributed by atoms with Crippen LogP contribution in [-0.4, -0.2) is 22.7 Å². The van der Waals surface area contributed by atoms with E-state index in [1.165, 1.54) is 55.3 Å². The topological polar surface area (TPSA) is 43.9 Å². The van der Waals surface area contributed by atoms with Gasteiger partial charge >= 0.3 is 0 Å². The number of halogens is 1. The molecule has 0 radical (unpaired) electrons. The van der Waals surface area contributed by atoms with E-state index in [1.54, 1.807) is 0 Å². The van der Waals surface area contributed by atoms with Crippen molar-refractivity contribution in [3.05, 3.63) is 35.2 Å². The van der Waals surface area contributed by atoms with Crippen LogP contribution in [0.1, 0.15) is 55.3 Å². The summed E-state index contributed by atoms with van der Waals surface area (Å²) >= 11 is 0. The molecule has 3 rings (SSSR count). The number of rotatable bonds is 4. The van der Waals surface area contributed by atoms with Gasteiger partial charge < -0.3 is 9.97 Å². The molecule has 2 N–H and O–H groups in total. The van der Waals surface area contributed by atoms with Gasteiger partial charge in [0.25, 0.3) is 0 Å². The van der Waals surface area contributed by atoms with Crippen molar-refractivity contribution in [3.63, 3.8) is 0 Å². The van der Waals surface area contributed by atoms with E-state index in [0.29, 0.717) is 0 Å². The Kier molecular flexibility index (Phi) is 6.52. The zero-order chi connectivity index (χ0) is 15.4. The van der Waals surface area contributed by atoms with Crippen molar-refractivity contribution in [1.29, 1.82) is 0 Å². The number of nitrogens with one attached hydrogen (secondary N) is 2. The molecule has 0 aromatic carbocycles. The Morgan fingerprint density at radius 1 is 1.13 bits per heavy atom. The van der Waals surface area contributed by atoms with Gasteiger partial charge in [-0.15, -0.1) is 12.4 Å². The first kappa shape index (κ1) is 17.9. The molecule has 0 spiro atoms. The SMILES string of the molecule is Cc1c(C=NCC2CCCCCC2)[nH]c(-c2ccc[nH]2)c1C.Cl. The molecule has 0 aliphatic heterocycles. The van der Waals surface area contributed by atoms with Crippen LogP contribution >= 0.6 is 12.4 Å². The van der Waals surface area contributed by atoms with E-state index in [0.717, 1.165) is 23.9 Å². The summed E-state index contributed by atoms with van der Waals surface area (Å²) < 4.78 is 0. The molecule has 126 valence electrons. The predicted molar refractivity (Wildman–Crippen MR) is 101 cm³/mol. The highest BCUT2D eigenvalue weighted by atomic mass is 35.5. The van der Waals surface area contributed by atoms with Gasteiger partial charge in [-0.05, 0) is 55.9 Å². The lowest BCUT2D eigenvalue weighted by atomic mass is 10.0. The second-order valence-corrected chi connectivity index (χ2v) is 6.60. The van der Waals surface area contributed by atoms with Crippen LogP contribution in [-0.2, 0) is 0 Å². The molecular formula is C19H28ClN3. The highest BCUT2D eigenvalue weighted by Crippen LogP contribution is 2.26. The summed E-state index contributed by atoms with van der Waals surface area (Å²) in [7, 11) is 0. The molecule has 23 heavy (non-hydrogen) atoms. The lowest BCUT2D eigenvalue weighted by molar-refractivity contribution is 0.473. The molecule has 1 aliphatic rings. The van der Waals surface area contributed by atoms with Gasteiger partial charge in [0.1, 0.15) is 0 Å². The Morgan fingerprint density at radius 3 is 2.52 bits per heavy atom. The fourth-order valence-electron chi connectivity index (χ4n) is 3.44. The van der Waals surface area contributed by atoms with Crippen LogP contribution in [0.3, 0.4) is 0 Å². The largest absolute Gasteiger partial charge is 0.360 e. The Balaban J connectivity index is 0.00000192. The first-order valence-electron chi connectivity index (χ1n) is 8.58. The summed E-state index contributed by atoms with van der Waals surface area (Å²) in [5.74, 6) is 0.790. The zero-order valence-electron chi connectivity index (χ0n) is 14.2. The van der Waals surface area contributed by atoms with Gasteiger partial charge in [-0.25, -0.2) is 0 Å². The van der Waals surface area contributed by atoms with Gasteiger partial charge in [-0.2, -0.15) is 0 Å². The van der Waals surface area contributed by atoms with E-state index in [2.05, 4.69) is 29.9 Å². The van der Waals surface area contributed by atoms with Gasteiger partial charge in [0.2, 0.25) is 0 Å². The summed E-state index contributed by atoms with van der Waals surface area (Å²) in [6.07, 6.45) is 12.3. The van der Waals surface area contributed by atoms with Crippen LogP contribution in [0.5, 0.6) is 0 Å². The molecule has 0 unspecified atom stereocenters. The predicted octanol–water partition coefficient (Wildman–Crippen LogP) is 5.44. The van der Waals surface area contributed by atoms with Crippen LogP contribution in [0.15, 0.2) is 23.3 Å². The van der Waals surface area contributed by atoms with Gasteiger partial charge in [0.05, 0.1) is 17.1 Å². The van der Waals surface area contributed by atoms with Crippen molar-refractivity contribution < 1.29 is 0 Å². The molecule has 1 aliphatic carbocycles. The monoisotopic (exact) mass is 333 g/mol. The quantitative estimate of drug-likeness (QED) is 0.553. The molecule has 2 heterocycles. The third kappa shape index (κ3) is 4.29. The first-order valence-corrected chi connectivity index (χ1v) is 8.58. The second-order valence-electron chi connectivity index (χ2n) is 6.60. The minimum Gasteiger partial charge on any atom is -0.360 e. The average molecular weight is 334 g/mol. The lowest BCUT2D eigenvalue weighted by Gasteiger charge is -2.09. The number of hydrogen-bond donors (Lipinski definition) is 2. The standard InChI is InChI=1S/C19H27N3.ClH/c1-14-15(2)19(17-10-7-11-21-17)22-18(14)13-20-12-16-8-5-3-4-6-9-16;/h7,10-11,13,16,21-22H,3-6,8-9,12H2,1-2H3;1H. The summed E-state index contributed by atoms with van der Waals surface area (Å²) in [5, 5.41) is 0. The molecular weight excluding hydrogens is 306 g/mol. The number of nitrogens with zero attached hydrogens (tertiary/aromatic N) is 1. The molecule has 3 nitrogen and oxygen atoms in total. The van der Waals surface area contributed by atoms with E-state index in [4.69, 9.17) is 4.99 Å². The smallest absolute Gasteiger partial charge is 0.0656 e. The fraction of sp³-hybridized carbons (Fsp3) is 0.526. The maximum atomic E-state index is 4.74. The lowest BCUT2D eigenvalue weighted by Crippen LogP contribution is -2.03. The van der Waals surface area contributed by atoms with Crippen molar-refractivity contribution in [2.75, 3.05) is 6.54 Å². The van der Waals surface area contributed by atoms with Crippen molar-refractivity contribution in [3.8, 4) is 11.4 Å². The summed E-state index contributed by atoms with van der Waals surface area (Å²) in [4.78, 5) is 11.5. The van der Waals surface area contributed by atoms with Crippen LogP contribution in [0.25, 0.3) is 11.4 Å². The molecule has 0 atom stereocenters. The third-order valence-corrected chi connectivity index (χ3v) is 5.03. The van der Waals surface area contributed by atoms with Crippen molar-refractivity contribution in [1.82, 2.24) is 9.97 Å². The normalized spacial score (nSPS) is 16.4. The Bertz CT molecular complexity index is 617. The molecule has 1 fully saturated rings. The first-order chi connectivity index (χ1) is 10.8. The molecule has 2 aromatic heterocycles. The van der Waals surface area contributed by atoms with E-state index < -0.39 is 0 Å². The number of aromatic nitrogens is 2. The fourth-order valence-corrected chi connectivity index (χ4v) is 3.44. The summed E-state index contributed by atoms with van der Waals surface area (Å²) in [5.41, 5.74) is 6.07. The number of hydrogen-bond acceptors (Lipinski definition) is 1. The van der Waals surface area contributed by atoms with Crippen molar-refractivity contribution in [2.45, 2.75) is 52.4 Å². The highest BCUT2D eigenvalue weighted by molar-refractivity contribution is 5.85. The third-order valence-electron chi connectivity index (χ3n) is 5.03. The van der Waals surface area contributed by atoms with E-state index >= 15 is 0 Å². The Labute approximate surface area is 145 Å². The maximum Gasteiger partial charge on any atom is 0.0656 e. The van der Waals surface area contributed by atoms with Crippen LogP contribution in [0.2, 0.25) is 0 Å². The van der Waals surface area contributed by atoms with Gasteiger partial charge in [0.15, 0.2) is 0 Å². The molecule has 0 bridgehead atoms. The second kappa shape index (κ2) is 8.39. The minimum atomic E-state index is 0. The summed E-state index contributed by atoms with van der Waals surface area (Å²) in [6, 6.07) is 4.13. The number of aromatic amines is 2. The molecule has 1 saturated carbocycles. The van der Waals surface area contributed by atoms with Crippen molar-refractivity contribution in [2.24, 2.45) is 10.9 Å². The van der Waals surface area contributed by atoms with Gasteiger partial charge in [-0.3, -0.25) is 4.99 Å². The van der Waals surface area contributed by atoms with Crippen LogP contribution in [0.4, 0.5) is 0 Å². The van der Waals surface area contributed by atoms with E-state index in [1.807, 2.05) is 18.5 Å². The Hall–Kier alpha value is -1.48. The van der Waals surface area contributed by atoms with Crippen LogP contribution < -0.4 is 0 Å². The number of aliphatic imine (C=N–C) groups is 1. The molecule has 0 saturated heterocycles. The number of H-pyrrole nitrogens is 2. The Morgan fingerprint density at radius 2 is 1.87 bits per heavy atom. The highest BCUT2D eigenvalue weighted by Gasteiger charge is 2.13. The minimum absolute atomic E-state index is 0. The molecule has 4 heteroatoms. The average Bonchev–Trinajstić information content (AvgIpc) is 3.04. The van der Waals surface area contributed by atoms with E-state index in [9.17, 15) is 0 Å². The summed E-state index contributed by atoms with van der Waals surface area (Å²) in [6.45, 7) is 5.32. The van der Waals surface area contributed by atoms with Crippen molar-refractivity contribution >= 4 is 18.6 Å². The van der Waals surface area contributed by atoms with Gasteiger partial charge in [0, 0.05) is 19.0 Å². The maximum absolute atomic E-state index is 4.74. The van der Waals surface area contributed by atoms with Crippen LogP contribution in [0, 0.1) is 19.8 Å². The van der Waals surface area contributed by atoms with E-state index in [-0.39, 0.29) is 12.4 Å².